The largest absolute Gasteiger partial charge is 0.494 e. The van der Waals surface area contributed by atoms with Gasteiger partial charge in [0.2, 0.25) is 5.13 Å². The van der Waals surface area contributed by atoms with Crippen LogP contribution in [0.4, 0.5) is 5.13 Å². The molecule has 0 bridgehead atoms. The van der Waals surface area contributed by atoms with E-state index in [0.717, 1.165) is 31.1 Å². The van der Waals surface area contributed by atoms with Crippen LogP contribution in [0, 0.1) is 0 Å². The van der Waals surface area contributed by atoms with Crippen LogP contribution < -0.4 is 4.74 Å². The lowest BCUT2D eigenvalue weighted by Gasteiger charge is -2.00. The van der Waals surface area contributed by atoms with Crippen LogP contribution in [0.15, 0.2) is 51.9 Å². The van der Waals surface area contributed by atoms with Crippen molar-refractivity contribution in [1.29, 1.82) is 0 Å². The van der Waals surface area contributed by atoms with Crippen LogP contribution in [-0.4, -0.2) is 17.8 Å². The van der Waals surface area contributed by atoms with E-state index in [1.807, 2.05) is 55.6 Å². The Morgan fingerprint density at radius 3 is 2.81 bits per heavy atom. The number of rotatable bonds is 4. The highest BCUT2D eigenvalue weighted by Crippen LogP contribution is 2.30. The Morgan fingerprint density at radius 2 is 2.05 bits per heavy atom. The number of benzene rings is 2. The quantitative estimate of drug-likeness (QED) is 0.598. The Hall–Kier alpha value is -1.72. The summed E-state index contributed by atoms with van der Waals surface area (Å²) in [6, 6.07) is 13.9. The Balaban J connectivity index is 1.85. The van der Waals surface area contributed by atoms with Crippen LogP contribution in [0.5, 0.6) is 5.75 Å². The first-order chi connectivity index (χ1) is 10.2. The number of fused-ring (bicyclic) bond motifs is 1. The highest BCUT2D eigenvalue weighted by Gasteiger charge is 2.04. The average Bonchev–Trinajstić information content (AvgIpc) is 2.89. The van der Waals surface area contributed by atoms with E-state index >= 15 is 0 Å². The zero-order valence-electron chi connectivity index (χ0n) is 11.4. The minimum absolute atomic E-state index is 0.666. The molecule has 0 atom stereocenters. The number of hydrogen-bond acceptors (Lipinski definition) is 4. The second-order valence-electron chi connectivity index (χ2n) is 4.37. The van der Waals surface area contributed by atoms with Gasteiger partial charge in [0.1, 0.15) is 5.75 Å². The van der Waals surface area contributed by atoms with Gasteiger partial charge in [0.05, 0.1) is 16.8 Å². The molecule has 0 unspecified atom stereocenters. The molecule has 1 aromatic heterocycles. The molecule has 0 N–H and O–H groups in total. The van der Waals surface area contributed by atoms with Crippen molar-refractivity contribution in [3.05, 3.63) is 52.5 Å². The smallest absolute Gasteiger partial charge is 0.210 e. The number of aromatic nitrogens is 1. The second kappa shape index (κ2) is 6.37. The maximum Gasteiger partial charge on any atom is 0.210 e. The lowest BCUT2D eigenvalue weighted by Crippen LogP contribution is -1.89. The van der Waals surface area contributed by atoms with Gasteiger partial charge in [-0.3, -0.25) is 0 Å². The highest BCUT2D eigenvalue weighted by molar-refractivity contribution is 9.10. The fourth-order valence-corrected chi connectivity index (χ4v) is 2.99. The molecular formula is C16H13BrN2OS. The van der Waals surface area contributed by atoms with E-state index in [-0.39, 0.29) is 0 Å². The molecule has 0 aliphatic carbocycles. The average molecular weight is 361 g/mol. The summed E-state index contributed by atoms with van der Waals surface area (Å²) in [5, 5.41) is 0.751. The first kappa shape index (κ1) is 14.2. The molecule has 3 rings (SSSR count). The Labute approximate surface area is 135 Å². The normalized spacial score (nSPS) is 11.3. The molecule has 0 aliphatic heterocycles. The molecule has 2 aromatic carbocycles. The monoisotopic (exact) mass is 360 g/mol. The second-order valence-corrected chi connectivity index (χ2v) is 6.29. The van der Waals surface area contributed by atoms with E-state index in [1.54, 1.807) is 11.3 Å². The molecule has 0 amide bonds. The third-order valence-electron chi connectivity index (χ3n) is 2.85. The summed E-state index contributed by atoms with van der Waals surface area (Å²) in [4.78, 5) is 8.95. The molecule has 0 fully saturated rings. The number of nitrogens with zero attached hydrogens (tertiary/aromatic N) is 2. The molecule has 3 nitrogen and oxygen atoms in total. The SMILES string of the molecule is CCOc1ccc2nc(N=Cc3ccc(Br)cc3)sc2c1. The first-order valence-corrected chi connectivity index (χ1v) is 8.18. The fraction of sp³-hybridized carbons (Fsp3) is 0.125. The van der Waals surface area contributed by atoms with Gasteiger partial charge in [0.15, 0.2) is 0 Å². The van der Waals surface area contributed by atoms with Crippen molar-refractivity contribution in [3.63, 3.8) is 0 Å². The highest BCUT2D eigenvalue weighted by atomic mass is 79.9. The Kier molecular flexibility index (Phi) is 4.31. The predicted molar refractivity (Wildman–Crippen MR) is 92.2 cm³/mol. The van der Waals surface area contributed by atoms with Gasteiger partial charge in [-0.15, -0.1) is 0 Å². The lowest BCUT2D eigenvalue weighted by molar-refractivity contribution is 0.341. The van der Waals surface area contributed by atoms with Crippen molar-refractivity contribution in [1.82, 2.24) is 4.98 Å². The zero-order chi connectivity index (χ0) is 14.7. The van der Waals surface area contributed by atoms with Crippen molar-refractivity contribution in [2.24, 2.45) is 4.99 Å². The summed E-state index contributed by atoms with van der Waals surface area (Å²) in [6.07, 6.45) is 1.83. The van der Waals surface area contributed by atoms with Gasteiger partial charge in [-0.1, -0.05) is 39.4 Å². The lowest BCUT2D eigenvalue weighted by atomic mass is 10.2. The van der Waals surface area contributed by atoms with Gasteiger partial charge in [0.25, 0.3) is 0 Å². The molecule has 0 radical (unpaired) electrons. The molecular weight excluding hydrogens is 348 g/mol. The van der Waals surface area contributed by atoms with Crippen LogP contribution in [0.3, 0.4) is 0 Å². The number of ether oxygens (including phenoxy) is 1. The van der Waals surface area contributed by atoms with Crippen LogP contribution in [0.2, 0.25) is 0 Å². The molecule has 3 aromatic rings. The summed E-state index contributed by atoms with van der Waals surface area (Å²) in [5.74, 6) is 0.872. The van der Waals surface area contributed by atoms with Crippen molar-refractivity contribution >= 4 is 48.8 Å². The number of aliphatic imine (C=N–C) groups is 1. The summed E-state index contributed by atoms with van der Waals surface area (Å²) in [7, 11) is 0. The van der Waals surface area contributed by atoms with E-state index in [2.05, 4.69) is 25.9 Å². The summed E-state index contributed by atoms with van der Waals surface area (Å²) in [5.41, 5.74) is 2.00. The Morgan fingerprint density at radius 1 is 1.24 bits per heavy atom. The standard InChI is InChI=1S/C16H13BrN2OS/c1-2-20-13-7-8-14-15(9-13)21-16(19-14)18-10-11-3-5-12(17)6-4-11/h3-10H,2H2,1H3. The molecule has 0 saturated heterocycles. The van der Waals surface area contributed by atoms with Gasteiger partial charge in [-0.05, 0) is 42.8 Å². The zero-order valence-corrected chi connectivity index (χ0v) is 13.8. The van der Waals surface area contributed by atoms with Gasteiger partial charge in [-0.25, -0.2) is 9.98 Å². The van der Waals surface area contributed by atoms with E-state index < -0.39 is 0 Å². The molecule has 0 aliphatic rings. The number of thiazole rings is 1. The molecule has 21 heavy (non-hydrogen) atoms. The molecule has 106 valence electrons. The first-order valence-electron chi connectivity index (χ1n) is 6.57. The minimum Gasteiger partial charge on any atom is -0.494 e. The van der Waals surface area contributed by atoms with Crippen LogP contribution >= 0.6 is 27.3 Å². The molecule has 5 heteroatoms. The van der Waals surface area contributed by atoms with E-state index in [9.17, 15) is 0 Å². The van der Waals surface area contributed by atoms with Crippen molar-refractivity contribution in [2.45, 2.75) is 6.92 Å². The van der Waals surface area contributed by atoms with Crippen molar-refractivity contribution in [3.8, 4) is 5.75 Å². The predicted octanol–water partition coefficient (Wildman–Crippen LogP) is 5.21. The van der Waals surface area contributed by atoms with Crippen LogP contribution in [-0.2, 0) is 0 Å². The van der Waals surface area contributed by atoms with Gasteiger partial charge >= 0.3 is 0 Å². The molecule has 0 saturated carbocycles. The summed E-state index contributed by atoms with van der Waals surface area (Å²) < 4.78 is 7.65. The maximum absolute atomic E-state index is 5.50. The Bertz CT molecular complexity index is 781. The van der Waals surface area contributed by atoms with Gasteiger partial charge in [0, 0.05) is 10.7 Å². The third kappa shape index (κ3) is 3.49. The third-order valence-corrected chi connectivity index (χ3v) is 4.31. The molecule has 1 heterocycles. The molecule has 0 spiro atoms. The van der Waals surface area contributed by atoms with Crippen LogP contribution in [0.1, 0.15) is 12.5 Å². The maximum atomic E-state index is 5.50. The van der Waals surface area contributed by atoms with Crippen molar-refractivity contribution in [2.75, 3.05) is 6.61 Å². The van der Waals surface area contributed by atoms with E-state index in [1.165, 1.54) is 0 Å². The van der Waals surface area contributed by atoms with E-state index in [4.69, 9.17) is 4.74 Å². The summed E-state index contributed by atoms with van der Waals surface area (Å²) in [6.45, 7) is 2.64. The number of halogens is 1. The van der Waals surface area contributed by atoms with E-state index in [0.29, 0.717) is 6.61 Å². The van der Waals surface area contributed by atoms with Crippen molar-refractivity contribution < 1.29 is 4.74 Å². The number of hydrogen-bond donors (Lipinski definition) is 0. The summed E-state index contributed by atoms with van der Waals surface area (Å²) >= 11 is 4.98. The fourth-order valence-electron chi connectivity index (χ4n) is 1.88. The van der Waals surface area contributed by atoms with Crippen LogP contribution in [0.25, 0.3) is 10.2 Å². The van der Waals surface area contributed by atoms with Gasteiger partial charge < -0.3 is 4.74 Å². The minimum atomic E-state index is 0.666. The topological polar surface area (TPSA) is 34.5 Å². The van der Waals surface area contributed by atoms with Gasteiger partial charge in [-0.2, -0.15) is 0 Å².